The number of nitrogens with zero attached hydrogens (tertiary/aromatic N) is 2. The Hall–Kier alpha value is -0.980. The first-order valence-corrected chi connectivity index (χ1v) is 7.40. The third kappa shape index (κ3) is 2.73. The molecule has 1 aliphatic carbocycles. The van der Waals surface area contributed by atoms with Crippen molar-refractivity contribution in [2.45, 2.75) is 43.7 Å². The van der Waals surface area contributed by atoms with Crippen LogP contribution < -0.4 is 5.32 Å². The van der Waals surface area contributed by atoms with Crippen LogP contribution in [0.1, 0.15) is 37.4 Å². The van der Waals surface area contributed by atoms with Crippen molar-refractivity contribution >= 4 is 0 Å². The number of aromatic nitrogens is 2. The summed E-state index contributed by atoms with van der Waals surface area (Å²) in [6.07, 6.45) is 4.95. The molecule has 1 aliphatic heterocycles. The number of hydrogen-bond acceptors (Lipinski definition) is 6. The van der Waals surface area contributed by atoms with Gasteiger partial charge in [0.05, 0.1) is 0 Å². The van der Waals surface area contributed by atoms with Crippen LogP contribution >= 0.6 is 0 Å². The van der Waals surface area contributed by atoms with E-state index in [1.54, 1.807) is 7.11 Å². The second-order valence-electron chi connectivity index (χ2n) is 5.76. The van der Waals surface area contributed by atoms with E-state index >= 15 is 0 Å². The Balaban J connectivity index is 1.71. The minimum atomic E-state index is -0.436. The van der Waals surface area contributed by atoms with Crippen LogP contribution in [0.15, 0.2) is 4.52 Å². The highest BCUT2D eigenvalue weighted by atomic mass is 16.5. The Morgan fingerprint density at radius 2 is 2.15 bits per heavy atom. The maximum atomic E-state index is 5.69. The molecule has 6 heteroatoms. The minimum Gasteiger partial charge on any atom is -0.381 e. The molecule has 1 saturated carbocycles. The van der Waals surface area contributed by atoms with Crippen LogP contribution in [0, 0.1) is 5.92 Å². The van der Waals surface area contributed by atoms with Crippen molar-refractivity contribution < 1.29 is 14.0 Å². The molecule has 112 valence electrons. The molecule has 2 aliphatic rings. The summed E-state index contributed by atoms with van der Waals surface area (Å²) in [7, 11) is 3.71. The molecule has 0 bridgehead atoms. The Bertz CT molecular complexity index is 439. The summed E-state index contributed by atoms with van der Waals surface area (Å²) in [5.41, 5.74) is -0.436. The highest BCUT2D eigenvalue weighted by Gasteiger charge is 2.39. The lowest BCUT2D eigenvalue weighted by Crippen LogP contribution is -2.36. The summed E-state index contributed by atoms with van der Waals surface area (Å²) in [6, 6.07) is 0.441. The lowest BCUT2D eigenvalue weighted by molar-refractivity contribution is -0.101. The molecular formula is C14H23N3O3. The van der Waals surface area contributed by atoms with Crippen molar-refractivity contribution in [1.29, 1.82) is 0 Å². The maximum absolute atomic E-state index is 5.69. The lowest BCUT2D eigenvalue weighted by atomic mass is 9.93. The van der Waals surface area contributed by atoms with Gasteiger partial charge in [0.15, 0.2) is 0 Å². The molecule has 0 amide bonds. The molecule has 6 nitrogen and oxygen atoms in total. The maximum Gasteiger partial charge on any atom is 0.228 e. The van der Waals surface area contributed by atoms with Gasteiger partial charge in [-0.1, -0.05) is 5.16 Å². The van der Waals surface area contributed by atoms with Crippen molar-refractivity contribution in [1.82, 2.24) is 15.5 Å². The number of rotatable bonds is 6. The first-order chi connectivity index (χ1) is 9.77. The molecule has 1 aromatic heterocycles. The lowest BCUT2D eigenvalue weighted by Gasteiger charge is -2.32. The molecule has 0 aromatic carbocycles. The van der Waals surface area contributed by atoms with E-state index in [4.69, 9.17) is 14.0 Å². The molecule has 2 fully saturated rings. The van der Waals surface area contributed by atoms with Crippen molar-refractivity contribution in [3.63, 3.8) is 0 Å². The minimum absolute atomic E-state index is 0.436. The standard InChI is InChI=1S/C14H23N3O3/c1-15-11(10-3-4-10)9-12-16-13(17-20-12)14(18-2)5-7-19-8-6-14/h10-11,15H,3-9H2,1-2H3. The number of hydrogen-bond donors (Lipinski definition) is 1. The van der Waals surface area contributed by atoms with E-state index in [9.17, 15) is 0 Å². The molecular weight excluding hydrogens is 258 g/mol. The fourth-order valence-corrected chi connectivity index (χ4v) is 2.93. The van der Waals surface area contributed by atoms with E-state index in [2.05, 4.69) is 15.5 Å². The van der Waals surface area contributed by atoms with Gasteiger partial charge in [-0.25, -0.2) is 0 Å². The average molecular weight is 281 g/mol. The van der Waals surface area contributed by atoms with E-state index in [-0.39, 0.29) is 0 Å². The zero-order chi connectivity index (χ0) is 14.0. The van der Waals surface area contributed by atoms with Crippen molar-refractivity contribution in [2.24, 2.45) is 5.92 Å². The Morgan fingerprint density at radius 1 is 1.40 bits per heavy atom. The monoisotopic (exact) mass is 281 g/mol. The van der Waals surface area contributed by atoms with Gasteiger partial charge in [-0.15, -0.1) is 0 Å². The van der Waals surface area contributed by atoms with E-state index < -0.39 is 5.60 Å². The number of methoxy groups -OCH3 is 1. The van der Waals surface area contributed by atoms with Gasteiger partial charge in [-0.2, -0.15) is 4.98 Å². The SMILES string of the molecule is CNC(Cc1nc(C2(OC)CCOCC2)no1)C1CC1. The van der Waals surface area contributed by atoms with Gasteiger partial charge in [0, 0.05) is 45.6 Å². The van der Waals surface area contributed by atoms with Gasteiger partial charge in [-0.05, 0) is 25.8 Å². The van der Waals surface area contributed by atoms with Gasteiger partial charge >= 0.3 is 0 Å². The van der Waals surface area contributed by atoms with E-state index in [0.29, 0.717) is 31.0 Å². The molecule has 1 saturated heterocycles. The van der Waals surface area contributed by atoms with Gasteiger partial charge in [-0.3, -0.25) is 0 Å². The Kier molecular flexibility index (Phi) is 4.05. The summed E-state index contributed by atoms with van der Waals surface area (Å²) >= 11 is 0. The van der Waals surface area contributed by atoms with Crippen LogP contribution in [-0.2, 0) is 21.5 Å². The highest BCUT2D eigenvalue weighted by molar-refractivity contribution is 5.04. The second kappa shape index (κ2) is 5.79. The Morgan fingerprint density at radius 3 is 2.75 bits per heavy atom. The third-order valence-electron chi connectivity index (χ3n) is 4.52. The van der Waals surface area contributed by atoms with Crippen LogP contribution in [-0.4, -0.2) is 43.6 Å². The molecule has 1 aromatic rings. The summed E-state index contributed by atoms with van der Waals surface area (Å²) in [5.74, 6) is 2.13. The Labute approximate surface area is 119 Å². The first kappa shape index (κ1) is 14.0. The van der Waals surface area contributed by atoms with Crippen LogP contribution in [0.4, 0.5) is 0 Å². The van der Waals surface area contributed by atoms with Crippen LogP contribution in [0.3, 0.4) is 0 Å². The zero-order valence-electron chi connectivity index (χ0n) is 12.2. The normalized spacial score (nSPS) is 23.7. The van der Waals surface area contributed by atoms with Crippen molar-refractivity contribution in [3.05, 3.63) is 11.7 Å². The van der Waals surface area contributed by atoms with Crippen LogP contribution in [0.25, 0.3) is 0 Å². The summed E-state index contributed by atoms with van der Waals surface area (Å²) < 4.78 is 16.5. The van der Waals surface area contributed by atoms with Gasteiger partial charge in [0.1, 0.15) is 5.60 Å². The summed E-state index contributed by atoms with van der Waals surface area (Å²) in [4.78, 5) is 4.58. The molecule has 20 heavy (non-hydrogen) atoms. The third-order valence-corrected chi connectivity index (χ3v) is 4.52. The summed E-state index contributed by atoms with van der Waals surface area (Å²) in [6.45, 7) is 1.36. The van der Waals surface area contributed by atoms with E-state index in [0.717, 1.165) is 25.2 Å². The largest absolute Gasteiger partial charge is 0.381 e. The summed E-state index contributed by atoms with van der Waals surface area (Å²) in [5, 5.41) is 7.50. The highest BCUT2D eigenvalue weighted by Crippen LogP contribution is 2.35. The van der Waals surface area contributed by atoms with Gasteiger partial charge in [0.25, 0.3) is 0 Å². The quantitative estimate of drug-likeness (QED) is 0.846. The molecule has 0 spiro atoms. The van der Waals surface area contributed by atoms with E-state index in [1.807, 2.05) is 7.05 Å². The smallest absolute Gasteiger partial charge is 0.228 e. The number of likely N-dealkylation sites (N-methyl/N-ethyl adjacent to an activating group) is 1. The van der Waals surface area contributed by atoms with E-state index in [1.165, 1.54) is 12.8 Å². The van der Waals surface area contributed by atoms with Gasteiger partial charge in [0.2, 0.25) is 11.7 Å². The molecule has 1 atom stereocenters. The predicted molar refractivity (Wildman–Crippen MR) is 72.3 cm³/mol. The molecule has 0 radical (unpaired) electrons. The first-order valence-electron chi connectivity index (χ1n) is 7.40. The molecule has 1 unspecified atom stereocenters. The van der Waals surface area contributed by atoms with Crippen molar-refractivity contribution in [2.75, 3.05) is 27.4 Å². The topological polar surface area (TPSA) is 69.4 Å². The van der Waals surface area contributed by atoms with Gasteiger partial charge < -0.3 is 19.3 Å². The molecule has 3 rings (SSSR count). The fraction of sp³-hybridized carbons (Fsp3) is 0.857. The van der Waals surface area contributed by atoms with Crippen LogP contribution in [0.2, 0.25) is 0 Å². The molecule has 1 N–H and O–H groups in total. The van der Waals surface area contributed by atoms with Crippen LogP contribution in [0.5, 0.6) is 0 Å². The number of nitrogens with one attached hydrogen (secondary N) is 1. The predicted octanol–water partition coefficient (Wildman–Crippen LogP) is 1.26. The fourth-order valence-electron chi connectivity index (χ4n) is 2.93. The molecule has 2 heterocycles. The van der Waals surface area contributed by atoms with Crippen molar-refractivity contribution in [3.8, 4) is 0 Å². The second-order valence-corrected chi connectivity index (χ2v) is 5.76. The number of ether oxygens (including phenoxy) is 2. The average Bonchev–Trinajstić information content (AvgIpc) is 3.24. The zero-order valence-corrected chi connectivity index (χ0v) is 12.2.